The van der Waals surface area contributed by atoms with Crippen molar-refractivity contribution in [2.75, 3.05) is 7.05 Å². The first-order chi connectivity index (χ1) is 8.70. The van der Waals surface area contributed by atoms with Gasteiger partial charge in [-0.3, -0.25) is 0 Å². The highest BCUT2D eigenvalue weighted by atomic mass is 32.1. The van der Waals surface area contributed by atoms with Crippen molar-refractivity contribution in [1.29, 1.82) is 0 Å². The van der Waals surface area contributed by atoms with Crippen molar-refractivity contribution in [3.8, 4) is 0 Å². The monoisotopic (exact) mass is 267 g/mol. The molecule has 0 saturated carbocycles. The predicted octanol–water partition coefficient (Wildman–Crippen LogP) is 3.40. The fourth-order valence-electron chi connectivity index (χ4n) is 1.92. The molecule has 2 rings (SSSR count). The van der Waals surface area contributed by atoms with Crippen molar-refractivity contribution in [2.45, 2.75) is 18.9 Å². The third kappa shape index (κ3) is 3.15. The maximum atomic E-state index is 13.6. The normalized spacial score (nSPS) is 12.6. The van der Waals surface area contributed by atoms with Crippen LogP contribution >= 0.6 is 11.3 Å². The Morgan fingerprint density at radius 2 is 1.83 bits per heavy atom. The Hall–Kier alpha value is -1.26. The number of halogens is 2. The minimum atomic E-state index is -0.471. The van der Waals surface area contributed by atoms with Crippen molar-refractivity contribution in [3.05, 3.63) is 57.8 Å². The highest BCUT2D eigenvalue weighted by Crippen LogP contribution is 2.17. The van der Waals surface area contributed by atoms with Gasteiger partial charge in [0.05, 0.1) is 0 Å². The van der Waals surface area contributed by atoms with E-state index in [9.17, 15) is 8.78 Å². The van der Waals surface area contributed by atoms with Gasteiger partial charge in [0.25, 0.3) is 0 Å². The quantitative estimate of drug-likeness (QED) is 0.875. The Kier molecular flexibility index (Phi) is 4.44. The van der Waals surface area contributed by atoms with E-state index in [1.807, 2.05) is 24.6 Å². The molecule has 1 aromatic carbocycles. The molecule has 0 amide bonds. The molecule has 1 atom stereocenters. The lowest BCUT2D eigenvalue weighted by Gasteiger charge is -2.16. The van der Waals surface area contributed by atoms with Gasteiger partial charge in [-0.15, -0.1) is 11.3 Å². The predicted molar refractivity (Wildman–Crippen MR) is 70.9 cm³/mol. The van der Waals surface area contributed by atoms with E-state index in [-0.39, 0.29) is 11.6 Å². The third-order valence-electron chi connectivity index (χ3n) is 2.95. The smallest absolute Gasteiger partial charge is 0.129 e. The zero-order valence-corrected chi connectivity index (χ0v) is 10.9. The fraction of sp³-hybridized carbons (Fsp3) is 0.286. The van der Waals surface area contributed by atoms with Crippen molar-refractivity contribution in [2.24, 2.45) is 0 Å². The first kappa shape index (κ1) is 13.2. The summed E-state index contributed by atoms with van der Waals surface area (Å²) in [5.74, 6) is -0.942. The second kappa shape index (κ2) is 6.07. The minimum Gasteiger partial charge on any atom is -0.316 e. The largest absolute Gasteiger partial charge is 0.316 e. The average molecular weight is 267 g/mol. The van der Waals surface area contributed by atoms with Crippen LogP contribution in [0.15, 0.2) is 35.7 Å². The van der Waals surface area contributed by atoms with Gasteiger partial charge in [-0.2, -0.15) is 0 Å². The van der Waals surface area contributed by atoms with Gasteiger partial charge < -0.3 is 5.32 Å². The molecular formula is C14H15F2NS. The summed E-state index contributed by atoms with van der Waals surface area (Å²) < 4.78 is 27.1. The van der Waals surface area contributed by atoms with Crippen LogP contribution in [0, 0.1) is 11.6 Å². The van der Waals surface area contributed by atoms with Crippen LogP contribution in [0.25, 0.3) is 0 Å². The number of benzene rings is 1. The summed E-state index contributed by atoms with van der Waals surface area (Å²) in [5.41, 5.74) is 0.161. The number of nitrogens with one attached hydrogen (secondary N) is 1. The molecule has 0 saturated heterocycles. The minimum absolute atomic E-state index is 0.0371. The molecule has 1 unspecified atom stereocenters. The molecule has 2 aromatic rings. The van der Waals surface area contributed by atoms with E-state index in [0.29, 0.717) is 6.42 Å². The second-order valence-corrected chi connectivity index (χ2v) is 5.21. The first-order valence-corrected chi connectivity index (χ1v) is 6.71. The molecule has 0 aliphatic heterocycles. The molecule has 0 bridgehead atoms. The number of rotatable bonds is 5. The Balaban J connectivity index is 2.10. The lowest BCUT2D eigenvalue weighted by molar-refractivity contribution is 0.503. The summed E-state index contributed by atoms with van der Waals surface area (Å²) in [7, 11) is 1.82. The van der Waals surface area contributed by atoms with Gasteiger partial charge in [0.15, 0.2) is 0 Å². The van der Waals surface area contributed by atoms with E-state index < -0.39 is 11.6 Å². The van der Waals surface area contributed by atoms with Crippen LogP contribution in [0.3, 0.4) is 0 Å². The summed E-state index contributed by atoms with van der Waals surface area (Å²) in [6.45, 7) is 0. The average Bonchev–Trinajstić information content (AvgIpc) is 2.85. The van der Waals surface area contributed by atoms with Crippen molar-refractivity contribution in [3.63, 3.8) is 0 Å². The fourth-order valence-corrected chi connectivity index (χ4v) is 2.71. The third-order valence-corrected chi connectivity index (χ3v) is 3.85. The molecule has 0 aliphatic rings. The lowest BCUT2D eigenvalue weighted by Crippen LogP contribution is -2.30. The molecule has 1 nitrogen and oxygen atoms in total. The maximum Gasteiger partial charge on any atom is 0.129 e. The van der Waals surface area contributed by atoms with Gasteiger partial charge in [0, 0.05) is 16.5 Å². The van der Waals surface area contributed by atoms with Crippen molar-refractivity contribution in [1.82, 2.24) is 5.32 Å². The zero-order valence-electron chi connectivity index (χ0n) is 10.1. The van der Waals surface area contributed by atoms with Gasteiger partial charge in [-0.05, 0) is 43.5 Å². The lowest BCUT2D eigenvalue weighted by atomic mass is 10.0. The Morgan fingerprint density at radius 3 is 2.39 bits per heavy atom. The summed E-state index contributed by atoms with van der Waals surface area (Å²) in [5, 5.41) is 5.12. The molecule has 0 aliphatic carbocycles. The number of likely N-dealkylation sites (N-methyl/N-ethyl adjacent to an activating group) is 1. The van der Waals surface area contributed by atoms with Crippen LogP contribution in [0.5, 0.6) is 0 Å². The van der Waals surface area contributed by atoms with Crippen LogP contribution in [0.4, 0.5) is 8.78 Å². The molecular weight excluding hydrogens is 252 g/mol. The Morgan fingerprint density at radius 1 is 1.11 bits per heavy atom. The van der Waals surface area contributed by atoms with Gasteiger partial charge in [0.2, 0.25) is 0 Å². The van der Waals surface area contributed by atoms with E-state index in [0.717, 1.165) is 6.42 Å². The van der Waals surface area contributed by atoms with Crippen LogP contribution in [-0.2, 0) is 12.8 Å². The molecule has 0 fully saturated rings. The van der Waals surface area contributed by atoms with Crippen LogP contribution in [0.1, 0.15) is 10.4 Å². The van der Waals surface area contributed by atoms with Crippen LogP contribution in [-0.4, -0.2) is 13.1 Å². The second-order valence-electron chi connectivity index (χ2n) is 4.17. The molecule has 4 heteroatoms. The topological polar surface area (TPSA) is 12.0 Å². The van der Waals surface area contributed by atoms with Gasteiger partial charge in [0.1, 0.15) is 11.6 Å². The number of hydrogen-bond acceptors (Lipinski definition) is 2. The summed E-state index contributed by atoms with van der Waals surface area (Å²) in [6, 6.07) is 8.05. The first-order valence-electron chi connectivity index (χ1n) is 5.83. The molecule has 1 aromatic heterocycles. The summed E-state index contributed by atoms with van der Waals surface area (Å²) in [6.07, 6.45) is 1.13. The van der Waals surface area contributed by atoms with E-state index in [1.165, 1.54) is 23.1 Å². The highest BCUT2D eigenvalue weighted by Gasteiger charge is 2.15. The molecule has 18 heavy (non-hydrogen) atoms. The summed E-state index contributed by atoms with van der Waals surface area (Å²) >= 11 is 1.66. The van der Waals surface area contributed by atoms with Crippen LogP contribution in [0.2, 0.25) is 0 Å². The Bertz CT molecular complexity index is 476. The maximum absolute atomic E-state index is 13.6. The van der Waals surface area contributed by atoms with Gasteiger partial charge in [-0.1, -0.05) is 12.1 Å². The number of thiophene rings is 1. The van der Waals surface area contributed by atoms with E-state index in [4.69, 9.17) is 0 Å². The van der Waals surface area contributed by atoms with Gasteiger partial charge in [-0.25, -0.2) is 8.78 Å². The van der Waals surface area contributed by atoms with Crippen molar-refractivity contribution >= 4 is 11.3 Å². The SMILES string of the molecule is CNC(Cc1cccs1)Cc1c(F)cccc1F. The molecule has 1 N–H and O–H groups in total. The standard InChI is InChI=1S/C14H15F2NS/c1-17-10(8-11-4-3-7-18-11)9-12-13(15)5-2-6-14(12)16/h2-7,10,17H,8-9H2,1H3. The van der Waals surface area contributed by atoms with E-state index in [2.05, 4.69) is 5.32 Å². The summed E-state index contributed by atoms with van der Waals surface area (Å²) in [4.78, 5) is 1.21. The van der Waals surface area contributed by atoms with E-state index in [1.54, 1.807) is 11.3 Å². The Labute approximate surface area is 109 Å². The zero-order chi connectivity index (χ0) is 13.0. The molecule has 1 heterocycles. The van der Waals surface area contributed by atoms with Crippen molar-refractivity contribution < 1.29 is 8.78 Å². The highest BCUT2D eigenvalue weighted by molar-refractivity contribution is 7.09. The van der Waals surface area contributed by atoms with Crippen LogP contribution < -0.4 is 5.32 Å². The number of hydrogen-bond donors (Lipinski definition) is 1. The molecule has 0 spiro atoms. The van der Waals surface area contributed by atoms with E-state index >= 15 is 0 Å². The molecule has 96 valence electrons. The van der Waals surface area contributed by atoms with Gasteiger partial charge >= 0.3 is 0 Å². The molecule has 0 radical (unpaired) electrons.